The summed E-state index contributed by atoms with van der Waals surface area (Å²) < 4.78 is 11.0. The van der Waals surface area contributed by atoms with Gasteiger partial charge in [-0.05, 0) is 55.8 Å². The molecule has 33 heavy (non-hydrogen) atoms. The number of anilines is 1. The van der Waals surface area contributed by atoms with Crippen LogP contribution in [-0.4, -0.2) is 31.1 Å². The molecule has 0 bridgehead atoms. The van der Waals surface area contributed by atoms with Crippen molar-refractivity contribution in [3.05, 3.63) is 89.5 Å². The summed E-state index contributed by atoms with van der Waals surface area (Å²) in [7, 11) is 1.60. The molecule has 0 spiro atoms. The number of hydrogen-bond acceptors (Lipinski definition) is 4. The molecule has 0 radical (unpaired) electrons. The van der Waals surface area contributed by atoms with E-state index < -0.39 is 5.54 Å². The predicted octanol–water partition coefficient (Wildman–Crippen LogP) is 4.37. The normalized spacial score (nSPS) is 17.3. The molecular weight excluding hydrogens is 416 g/mol. The average Bonchev–Trinajstić information content (AvgIpc) is 2.84. The van der Waals surface area contributed by atoms with Gasteiger partial charge in [0.25, 0.3) is 5.91 Å². The van der Waals surface area contributed by atoms with Crippen LogP contribution in [0.25, 0.3) is 0 Å². The molecule has 0 aliphatic carbocycles. The van der Waals surface area contributed by atoms with Gasteiger partial charge in [-0.1, -0.05) is 36.4 Å². The minimum absolute atomic E-state index is 0.198. The zero-order valence-corrected chi connectivity index (χ0v) is 19.1. The van der Waals surface area contributed by atoms with E-state index in [1.165, 1.54) is 0 Å². The smallest absolute Gasteiger partial charge is 0.259 e. The van der Waals surface area contributed by atoms with E-state index in [-0.39, 0.29) is 11.8 Å². The van der Waals surface area contributed by atoms with Gasteiger partial charge in [-0.3, -0.25) is 14.5 Å². The van der Waals surface area contributed by atoms with Crippen molar-refractivity contribution in [3.63, 3.8) is 0 Å². The zero-order chi connectivity index (χ0) is 23.4. The quantitative estimate of drug-likeness (QED) is 0.588. The van der Waals surface area contributed by atoms with Gasteiger partial charge in [0.15, 0.2) is 0 Å². The Kier molecular flexibility index (Phi) is 6.36. The molecule has 1 heterocycles. The third-order valence-electron chi connectivity index (χ3n) is 6.01. The Morgan fingerprint density at radius 1 is 1.03 bits per heavy atom. The van der Waals surface area contributed by atoms with Crippen LogP contribution >= 0.6 is 0 Å². The highest BCUT2D eigenvalue weighted by Gasteiger charge is 2.47. The summed E-state index contributed by atoms with van der Waals surface area (Å²) in [5.74, 6) is 0.992. The first-order valence-corrected chi connectivity index (χ1v) is 11.0. The molecule has 0 saturated heterocycles. The number of para-hydroxylation sites is 1. The average molecular weight is 445 g/mol. The van der Waals surface area contributed by atoms with Crippen molar-refractivity contribution in [2.24, 2.45) is 0 Å². The summed E-state index contributed by atoms with van der Waals surface area (Å²) in [6, 6.07) is 22.3. The fourth-order valence-electron chi connectivity index (χ4n) is 4.33. The lowest BCUT2D eigenvalue weighted by atomic mass is 9.82. The third kappa shape index (κ3) is 4.29. The fraction of sp³-hybridized carbons (Fsp3) is 0.259. The van der Waals surface area contributed by atoms with Crippen LogP contribution in [-0.2, 0) is 17.8 Å². The second-order valence-corrected chi connectivity index (χ2v) is 8.17. The van der Waals surface area contributed by atoms with Crippen molar-refractivity contribution in [1.82, 2.24) is 5.32 Å². The lowest BCUT2D eigenvalue weighted by Crippen LogP contribution is -2.63. The molecule has 1 aliphatic heterocycles. The van der Waals surface area contributed by atoms with Crippen LogP contribution in [0, 0.1) is 0 Å². The lowest BCUT2D eigenvalue weighted by molar-refractivity contribution is -0.126. The number of nitrogens with zero attached hydrogens (tertiary/aromatic N) is 1. The fourth-order valence-corrected chi connectivity index (χ4v) is 4.33. The van der Waals surface area contributed by atoms with E-state index in [0.717, 1.165) is 11.1 Å². The molecule has 6 heteroatoms. The van der Waals surface area contributed by atoms with Gasteiger partial charge in [0.05, 0.1) is 13.7 Å². The number of hydrogen-bond donors (Lipinski definition) is 1. The minimum Gasteiger partial charge on any atom is -0.496 e. The molecule has 170 valence electrons. The van der Waals surface area contributed by atoms with Crippen molar-refractivity contribution in [2.75, 3.05) is 18.6 Å². The third-order valence-corrected chi connectivity index (χ3v) is 6.01. The molecule has 6 nitrogen and oxygen atoms in total. The number of ether oxygens (including phenoxy) is 2. The van der Waals surface area contributed by atoms with Crippen LogP contribution in [0.3, 0.4) is 0 Å². The van der Waals surface area contributed by atoms with Crippen molar-refractivity contribution in [1.29, 1.82) is 0 Å². The summed E-state index contributed by atoms with van der Waals surface area (Å²) in [5.41, 5.74) is 1.88. The first kappa shape index (κ1) is 22.4. The predicted molar refractivity (Wildman–Crippen MR) is 128 cm³/mol. The van der Waals surface area contributed by atoms with E-state index in [0.29, 0.717) is 42.3 Å². The van der Waals surface area contributed by atoms with Crippen LogP contribution in [0.15, 0.2) is 72.8 Å². The Morgan fingerprint density at radius 3 is 2.45 bits per heavy atom. The molecule has 0 fully saturated rings. The van der Waals surface area contributed by atoms with Crippen LogP contribution in [0.5, 0.6) is 11.5 Å². The summed E-state index contributed by atoms with van der Waals surface area (Å²) in [6.07, 6.45) is 0.403. The maximum atomic E-state index is 13.6. The highest BCUT2D eigenvalue weighted by Crippen LogP contribution is 2.36. The lowest BCUT2D eigenvalue weighted by Gasteiger charge is -2.44. The van der Waals surface area contributed by atoms with E-state index in [2.05, 4.69) is 5.32 Å². The van der Waals surface area contributed by atoms with Gasteiger partial charge in [-0.25, -0.2) is 0 Å². The number of fused-ring (bicyclic) bond motifs is 1. The minimum atomic E-state index is -1.11. The summed E-state index contributed by atoms with van der Waals surface area (Å²) in [5, 5.41) is 3.03. The molecule has 1 N–H and O–H groups in total. The largest absolute Gasteiger partial charge is 0.496 e. The number of carbonyl (C=O) groups excluding carboxylic acids is 2. The second-order valence-electron chi connectivity index (χ2n) is 8.17. The Morgan fingerprint density at radius 2 is 1.73 bits per heavy atom. The Labute approximate surface area is 194 Å². The maximum Gasteiger partial charge on any atom is 0.259 e. The van der Waals surface area contributed by atoms with E-state index in [1.807, 2.05) is 86.6 Å². The molecule has 4 rings (SSSR count). The van der Waals surface area contributed by atoms with Gasteiger partial charge >= 0.3 is 0 Å². The van der Waals surface area contributed by atoms with Gasteiger partial charge in [-0.2, -0.15) is 0 Å². The number of benzene rings is 3. The van der Waals surface area contributed by atoms with Gasteiger partial charge in [0.1, 0.15) is 17.0 Å². The first-order chi connectivity index (χ1) is 16.0. The van der Waals surface area contributed by atoms with E-state index in [1.54, 1.807) is 12.0 Å². The molecule has 0 saturated carbocycles. The zero-order valence-electron chi connectivity index (χ0n) is 19.1. The van der Waals surface area contributed by atoms with E-state index in [4.69, 9.17) is 9.47 Å². The summed E-state index contributed by atoms with van der Waals surface area (Å²) in [4.78, 5) is 28.8. The molecule has 3 aromatic carbocycles. The topological polar surface area (TPSA) is 67.9 Å². The molecule has 1 aliphatic rings. The number of nitrogens with one attached hydrogen (secondary N) is 1. The van der Waals surface area contributed by atoms with Gasteiger partial charge < -0.3 is 14.8 Å². The van der Waals surface area contributed by atoms with Gasteiger partial charge in [0.2, 0.25) is 5.91 Å². The van der Waals surface area contributed by atoms with Crippen molar-refractivity contribution < 1.29 is 19.1 Å². The highest BCUT2D eigenvalue weighted by molar-refractivity contribution is 6.14. The van der Waals surface area contributed by atoms with Gasteiger partial charge in [0, 0.05) is 29.8 Å². The molecule has 1 atom stereocenters. The van der Waals surface area contributed by atoms with E-state index in [9.17, 15) is 9.59 Å². The van der Waals surface area contributed by atoms with Crippen LogP contribution in [0.4, 0.5) is 5.69 Å². The van der Waals surface area contributed by atoms with Crippen LogP contribution in [0.2, 0.25) is 0 Å². The molecule has 0 aromatic heterocycles. The summed E-state index contributed by atoms with van der Waals surface area (Å²) in [6.45, 7) is 4.58. The van der Waals surface area contributed by atoms with Crippen LogP contribution in [0.1, 0.15) is 35.3 Å². The highest BCUT2D eigenvalue weighted by atomic mass is 16.5. The SMILES string of the molecule is CCOc1ccc(N2C(=O)c3ccccc3C[C@]2(C)C(=O)NCc2ccccc2OC)cc1. The van der Waals surface area contributed by atoms with Crippen LogP contribution < -0.4 is 19.7 Å². The molecule has 0 unspecified atom stereocenters. The van der Waals surface area contributed by atoms with Crippen molar-refractivity contribution in [3.8, 4) is 11.5 Å². The number of rotatable bonds is 7. The molecule has 3 aromatic rings. The number of methoxy groups -OCH3 is 1. The maximum absolute atomic E-state index is 13.6. The Balaban J connectivity index is 1.69. The van der Waals surface area contributed by atoms with Crippen molar-refractivity contribution >= 4 is 17.5 Å². The monoisotopic (exact) mass is 444 g/mol. The number of amides is 2. The Bertz CT molecular complexity index is 1160. The first-order valence-electron chi connectivity index (χ1n) is 11.0. The molecule has 2 amide bonds. The Hall–Kier alpha value is -3.80. The molecular formula is C27H28N2O4. The standard InChI is InChI=1S/C27H28N2O4/c1-4-33-22-15-13-21(14-16-22)29-25(30)23-11-7-5-9-19(23)17-27(29,2)26(31)28-18-20-10-6-8-12-24(20)32-3/h5-16H,4,17-18H2,1-3H3,(H,28,31)/t27-/m1/s1. The number of carbonyl (C=O) groups is 2. The van der Waals surface area contributed by atoms with E-state index >= 15 is 0 Å². The van der Waals surface area contributed by atoms with Crippen molar-refractivity contribution in [2.45, 2.75) is 32.4 Å². The second kappa shape index (κ2) is 9.36. The summed E-state index contributed by atoms with van der Waals surface area (Å²) >= 11 is 0. The van der Waals surface area contributed by atoms with Gasteiger partial charge in [-0.15, -0.1) is 0 Å².